The Labute approximate surface area is 116 Å². The van der Waals surface area contributed by atoms with E-state index in [-0.39, 0.29) is 0 Å². The van der Waals surface area contributed by atoms with Crippen LogP contribution in [0, 0.1) is 5.82 Å². The summed E-state index contributed by atoms with van der Waals surface area (Å²) in [4.78, 5) is 0. The van der Waals surface area contributed by atoms with E-state index in [0.717, 1.165) is 0 Å². The molecule has 1 N–H and O–H groups in total. The Morgan fingerprint density at radius 1 is 1.16 bits per heavy atom. The summed E-state index contributed by atoms with van der Waals surface area (Å²) in [6, 6.07) is 10.9. The van der Waals surface area contributed by atoms with E-state index in [1.165, 1.54) is 25.3 Å². The maximum atomic E-state index is 13.4. The van der Waals surface area contributed by atoms with Crippen LogP contribution in [0.1, 0.15) is 18.1 Å². The summed E-state index contributed by atoms with van der Waals surface area (Å²) in [5, 5.41) is 11.2. The van der Waals surface area contributed by atoms with Crippen LogP contribution >= 0.6 is 11.6 Å². The molecule has 19 heavy (non-hydrogen) atoms. The van der Waals surface area contributed by atoms with Crippen LogP contribution in [-0.2, 0) is 5.60 Å². The van der Waals surface area contributed by atoms with Gasteiger partial charge in [-0.3, -0.25) is 0 Å². The number of benzene rings is 2. The first-order valence-electron chi connectivity index (χ1n) is 5.78. The van der Waals surface area contributed by atoms with Gasteiger partial charge in [-0.1, -0.05) is 29.8 Å². The Morgan fingerprint density at radius 3 is 2.47 bits per heavy atom. The molecule has 2 rings (SSSR count). The van der Waals surface area contributed by atoms with Crippen molar-refractivity contribution in [3.05, 3.63) is 64.4 Å². The van der Waals surface area contributed by atoms with Gasteiger partial charge in [-0.2, -0.15) is 0 Å². The zero-order chi connectivity index (χ0) is 14.0. The molecule has 0 heterocycles. The minimum Gasteiger partial charge on any atom is -0.496 e. The van der Waals surface area contributed by atoms with Crippen molar-refractivity contribution in [1.82, 2.24) is 0 Å². The van der Waals surface area contributed by atoms with Gasteiger partial charge in [0.2, 0.25) is 0 Å². The third kappa shape index (κ3) is 2.57. The number of hydrogen-bond donors (Lipinski definition) is 1. The van der Waals surface area contributed by atoms with Crippen LogP contribution in [0.25, 0.3) is 0 Å². The number of halogens is 2. The monoisotopic (exact) mass is 280 g/mol. The lowest BCUT2D eigenvalue weighted by atomic mass is 9.87. The molecule has 2 aromatic carbocycles. The average molecular weight is 281 g/mol. The van der Waals surface area contributed by atoms with Gasteiger partial charge in [0.15, 0.2) is 0 Å². The van der Waals surface area contributed by atoms with E-state index in [0.29, 0.717) is 21.9 Å². The predicted octanol–water partition coefficient (Wildman–Crippen LogP) is 3.74. The Kier molecular flexibility index (Phi) is 3.78. The Morgan fingerprint density at radius 2 is 1.84 bits per heavy atom. The van der Waals surface area contributed by atoms with Gasteiger partial charge >= 0.3 is 0 Å². The highest BCUT2D eigenvalue weighted by Crippen LogP contribution is 2.38. The van der Waals surface area contributed by atoms with E-state index in [2.05, 4.69) is 0 Å². The quantitative estimate of drug-likeness (QED) is 0.928. The highest BCUT2D eigenvalue weighted by Gasteiger charge is 2.31. The molecule has 0 aliphatic heterocycles. The number of ether oxygens (including phenoxy) is 1. The molecule has 1 unspecified atom stereocenters. The largest absolute Gasteiger partial charge is 0.496 e. The van der Waals surface area contributed by atoms with Gasteiger partial charge in [-0.05, 0) is 31.2 Å². The second-order valence-electron chi connectivity index (χ2n) is 4.40. The van der Waals surface area contributed by atoms with Crippen molar-refractivity contribution in [3.63, 3.8) is 0 Å². The first-order valence-corrected chi connectivity index (χ1v) is 6.16. The maximum absolute atomic E-state index is 13.4. The van der Waals surface area contributed by atoms with Gasteiger partial charge in [0.25, 0.3) is 0 Å². The van der Waals surface area contributed by atoms with E-state index >= 15 is 0 Å². The van der Waals surface area contributed by atoms with Crippen molar-refractivity contribution in [2.24, 2.45) is 0 Å². The topological polar surface area (TPSA) is 29.5 Å². The average Bonchev–Trinajstić information content (AvgIpc) is 2.39. The molecular formula is C15H14ClFO2. The molecule has 0 aromatic heterocycles. The number of rotatable bonds is 3. The van der Waals surface area contributed by atoms with Gasteiger partial charge in [-0.25, -0.2) is 4.39 Å². The summed E-state index contributed by atoms with van der Waals surface area (Å²) < 4.78 is 18.6. The highest BCUT2D eigenvalue weighted by atomic mass is 35.5. The first-order chi connectivity index (χ1) is 8.96. The lowest BCUT2D eigenvalue weighted by Gasteiger charge is -2.27. The molecule has 0 bridgehead atoms. The minimum atomic E-state index is -1.44. The summed E-state index contributed by atoms with van der Waals surface area (Å²) in [5.74, 6) is -0.0329. The first kappa shape index (κ1) is 13.8. The van der Waals surface area contributed by atoms with Crippen LogP contribution in [0.2, 0.25) is 5.02 Å². The van der Waals surface area contributed by atoms with E-state index in [1.54, 1.807) is 31.2 Å². The van der Waals surface area contributed by atoms with Gasteiger partial charge in [-0.15, -0.1) is 0 Å². The summed E-state index contributed by atoms with van der Waals surface area (Å²) in [6.45, 7) is 1.56. The lowest BCUT2D eigenvalue weighted by molar-refractivity contribution is 0.0986. The van der Waals surface area contributed by atoms with Gasteiger partial charge in [0, 0.05) is 16.1 Å². The maximum Gasteiger partial charge on any atom is 0.125 e. The molecule has 0 radical (unpaired) electrons. The van der Waals surface area contributed by atoms with Crippen LogP contribution in [0.15, 0.2) is 42.5 Å². The Balaban J connectivity index is 2.62. The summed E-state index contributed by atoms with van der Waals surface area (Å²) >= 11 is 6.10. The van der Waals surface area contributed by atoms with Gasteiger partial charge in [0.05, 0.1) is 7.11 Å². The summed E-state index contributed by atoms with van der Waals surface area (Å²) in [7, 11) is 1.47. The standard InChI is InChI=1S/C15H14ClFO2/c1-15(18,11-5-3-4-6-13(11)16)12-9-10(17)7-8-14(12)19-2/h3-9,18H,1-2H3. The minimum absolute atomic E-state index is 0.336. The molecule has 0 aliphatic rings. The number of hydrogen-bond acceptors (Lipinski definition) is 2. The third-order valence-electron chi connectivity index (χ3n) is 3.08. The number of methoxy groups -OCH3 is 1. The zero-order valence-electron chi connectivity index (χ0n) is 10.7. The normalized spacial score (nSPS) is 13.9. The molecule has 0 aliphatic carbocycles. The van der Waals surface area contributed by atoms with Crippen molar-refractivity contribution in [2.75, 3.05) is 7.11 Å². The second-order valence-corrected chi connectivity index (χ2v) is 4.80. The molecule has 2 aromatic rings. The molecular weight excluding hydrogens is 267 g/mol. The molecule has 0 fully saturated rings. The van der Waals surface area contributed by atoms with Crippen molar-refractivity contribution in [3.8, 4) is 5.75 Å². The van der Waals surface area contributed by atoms with E-state index < -0.39 is 11.4 Å². The summed E-state index contributed by atoms with van der Waals surface area (Å²) in [6.07, 6.45) is 0. The molecule has 0 spiro atoms. The molecule has 0 amide bonds. The fourth-order valence-corrected chi connectivity index (χ4v) is 2.38. The van der Waals surface area contributed by atoms with Crippen LogP contribution in [0.4, 0.5) is 4.39 Å². The highest BCUT2D eigenvalue weighted by molar-refractivity contribution is 6.31. The van der Waals surface area contributed by atoms with Crippen molar-refractivity contribution >= 4 is 11.6 Å². The molecule has 4 heteroatoms. The Bertz CT molecular complexity index is 596. The molecule has 2 nitrogen and oxygen atoms in total. The fourth-order valence-electron chi connectivity index (χ4n) is 2.06. The molecule has 1 atom stereocenters. The van der Waals surface area contributed by atoms with Gasteiger partial charge in [0.1, 0.15) is 17.2 Å². The van der Waals surface area contributed by atoms with E-state index in [1.807, 2.05) is 0 Å². The van der Waals surface area contributed by atoms with Crippen molar-refractivity contribution in [1.29, 1.82) is 0 Å². The SMILES string of the molecule is COc1ccc(F)cc1C(C)(O)c1ccccc1Cl. The lowest BCUT2D eigenvalue weighted by Crippen LogP contribution is -2.24. The smallest absolute Gasteiger partial charge is 0.125 e. The predicted molar refractivity (Wildman–Crippen MR) is 73.1 cm³/mol. The molecule has 0 saturated carbocycles. The van der Waals surface area contributed by atoms with Gasteiger partial charge < -0.3 is 9.84 Å². The van der Waals surface area contributed by atoms with E-state index in [9.17, 15) is 9.50 Å². The summed E-state index contributed by atoms with van der Waals surface area (Å²) in [5.41, 5.74) is -0.602. The van der Waals surface area contributed by atoms with E-state index in [4.69, 9.17) is 16.3 Å². The second kappa shape index (κ2) is 5.19. The zero-order valence-corrected chi connectivity index (χ0v) is 11.4. The van der Waals surface area contributed by atoms with Crippen LogP contribution < -0.4 is 4.74 Å². The molecule has 100 valence electrons. The fraction of sp³-hybridized carbons (Fsp3) is 0.200. The molecule has 0 saturated heterocycles. The van der Waals surface area contributed by atoms with Crippen molar-refractivity contribution in [2.45, 2.75) is 12.5 Å². The van der Waals surface area contributed by atoms with Crippen LogP contribution in [0.5, 0.6) is 5.75 Å². The van der Waals surface area contributed by atoms with Crippen LogP contribution in [-0.4, -0.2) is 12.2 Å². The Hall–Kier alpha value is -1.58. The van der Waals surface area contributed by atoms with Crippen molar-refractivity contribution < 1.29 is 14.2 Å². The third-order valence-corrected chi connectivity index (χ3v) is 3.41. The van der Waals surface area contributed by atoms with Crippen LogP contribution in [0.3, 0.4) is 0 Å². The number of aliphatic hydroxyl groups is 1.